The average molecular weight is 279 g/mol. The van der Waals surface area contributed by atoms with Gasteiger partial charge in [-0.25, -0.2) is 4.98 Å². The highest BCUT2D eigenvalue weighted by atomic mass is 16.5. The van der Waals surface area contributed by atoms with E-state index in [2.05, 4.69) is 36.7 Å². The van der Waals surface area contributed by atoms with Crippen LogP contribution in [-0.4, -0.2) is 37.8 Å². The molecule has 1 aromatic heterocycles. The third-order valence-electron chi connectivity index (χ3n) is 3.12. The van der Waals surface area contributed by atoms with Crippen LogP contribution in [0.3, 0.4) is 0 Å². The second-order valence-electron chi connectivity index (χ2n) is 6.00. The monoisotopic (exact) mass is 279 g/mol. The first-order valence-electron chi connectivity index (χ1n) is 7.39. The molecule has 0 fully saturated rings. The van der Waals surface area contributed by atoms with E-state index in [4.69, 9.17) is 10.5 Å². The summed E-state index contributed by atoms with van der Waals surface area (Å²) in [6.07, 6.45) is 2.82. The fourth-order valence-electron chi connectivity index (χ4n) is 2.37. The van der Waals surface area contributed by atoms with E-state index in [1.807, 2.05) is 13.1 Å². The van der Waals surface area contributed by atoms with E-state index < -0.39 is 0 Å². The molecule has 0 radical (unpaired) electrons. The first kappa shape index (κ1) is 16.9. The summed E-state index contributed by atoms with van der Waals surface area (Å²) in [4.78, 5) is 6.96. The number of nitrogens with zero attached hydrogens (tertiary/aromatic N) is 2. The highest BCUT2D eigenvalue weighted by Crippen LogP contribution is 2.19. The van der Waals surface area contributed by atoms with Crippen LogP contribution in [0.4, 0.5) is 5.82 Å². The van der Waals surface area contributed by atoms with Gasteiger partial charge >= 0.3 is 0 Å². The minimum absolute atomic E-state index is 0.169. The molecule has 0 bridgehead atoms. The molecular weight excluding hydrogens is 250 g/mol. The molecule has 0 spiro atoms. The van der Waals surface area contributed by atoms with Gasteiger partial charge in [0.05, 0.1) is 6.61 Å². The van der Waals surface area contributed by atoms with Crippen molar-refractivity contribution in [1.29, 1.82) is 0 Å². The average Bonchev–Trinajstić information content (AvgIpc) is 2.33. The molecule has 1 heterocycles. The quantitative estimate of drug-likeness (QED) is 0.794. The number of rotatable bonds is 8. The lowest BCUT2D eigenvalue weighted by Gasteiger charge is -2.27. The Morgan fingerprint density at radius 3 is 2.55 bits per heavy atom. The molecule has 4 heteroatoms. The Bertz CT molecular complexity index is 405. The van der Waals surface area contributed by atoms with E-state index in [0.717, 1.165) is 31.9 Å². The zero-order valence-corrected chi connectivity index (χ0v) is 13.5. The molecule has 1 aromatic rings. The fourth-order valence-corrected chi connectivity index (χ4v) is 2.37. The number of hydrogen-bond donors (Lipinski definition) is 1. The molecule has 1 rings (SSSR count). The number of methoxy groups -OCH3 is 1. The highest BCUT2D eigenvalue weighted by Gasteiger charge is 2.13. The maximum absolute atomic E-state index is 5.85. The normalized spacial score (nSPS) is 12.8. The van der Waals surface area contributed by atoms with Crippen LogP contribution in [0, 0.1) is 12.8 Å². The summed E-state index contributed by atoms with van der Waals surface area (Å²) in [6.45, 7) is 11.2. The molecule has 1 atom stereocenters. The van der Waals surface area contributed by atoms with Crippen LogP contribution in [0.2, 0.25) is 0 Å². The minimum atomic E-state index is 0.169. The van der Waals surface area contributed by atoms with Crippen LogP contribution in [0.1, 0.15) is 31.9 Å². The van der Waals surface area contributed by atoms with Gasteiger partial charge in [-0.15, -0.1) is 0 Å². The van der Waals surface area contributed by atoms with Crippen LogP contribution < -0.4 is 10.6 Å². The van der Waals surface area contributed by atoms with Gasteiger partial charge < -0.3 is 15.4 Å². The van der Waals surface area contributed by atoms with Crippen molar-refractivity contribution in [3.8, 4) is 0 Å². The summed E-state index contributed by atoms with van der Waals surface area (Å²) in [7, 11) is 1.74. The van der Waals surface area contributed by atoms with Gasteiger partial charge in [0.1, 0.15) is 5.82 Å². The SMILES string of the molecule is COCCN(CC(C)C)c1ncc(CC(C)N)cc1C. The standard InChI is InChI=1S/C16H29N3O/c1-12(2)11-19(6-7-20-5)16-13(3)8-15(10-18-16)9-14(4)17/h8,10,12,14H,6-7,9,11,17H2,1-5H3. The van der Waals surface area contributed by atoms with Crippen molar-refractivity contribution in [3.05, 3.63) is 23.4 Å². The molecule has 114 valence electrons. The summed E-state index contributed by atoms with van der Waals surface area (Å²) in [5.41, 5.74) is 8.26. The number of anilines is 1. The van der Waals surface area contributed by atoms with E-state index in [9.17, 15) is 0 Å². The largest absolute Gasteiger partial charge is 0.383 e. The Labute approximate surface area is 123 Å². The number of aryl methyl sites for hydroxylation is 1. The van der Waals surface area contributed by atoms with E-state index in [1.165, 1.54) is 11.1 Å². The smallest absolute Gasteiger partial charge is 0.131 e. The zero-order valence-electron chi connectivity index (χ0n) is 13.5. The van der Waals surface area contributed by atoms with Crippen molar-refractivity contribution in [2.45, 2.75) is 40.2 Å². The van der Waals surface area contributed by atoms with Crippen molar-refractivity contribution in [2.24, 2.45) is 11.7 Å². The molecule has 0 saturated heterocycles. The maximum Gasteiger partial charge on any atom is 0.131 e. The minimum Gasteiger partial charge on any atom is -0.383 e. The molecule has 0 aliphatic heterocycles. The maximum atomic E-state index is 5.85. The lowest BCUT2D eigenvalue weighted by molar-refractivity contribution is 0.204. The molecule has 0 aromatic carbocycles. The molecular formula is C16H29N3O. The predicted molar refractivity (Wildman–Crippen MR) is 85.3 cm³/mol. The van der Waals surface area contributed by atoms with Crippen molar-refractivity contribution in [2.75, 3.05) is 31.7 Å². The summed E-state index contributed by atoms with van der Waals surface area (Å²) < 4.78 is 5.21. The summed E-state index contributed by atoms with van der Waals surface area (Å²) >= 11 is 0. The van der Waals surface area contributed by atoms with Crippen molar-refractivity contribution in [1.82, 2.24) is 4.98 Å². The molecule has 0 saturated carbocycles. The van der Waals surface area contributed by atoms with E-state index >= 15 is 0 Å². The van der Waals surface area contributed by atoms with E-state index in [0.29, 0.717) is 5.92 Å². The van der Waals surface area contributed by atoms with Crippen LogP contribution in [0.15, 0.2) is 12.3 Å². The third kappa shape index (κ3) is 5.47. The Morgan fingerprint density at radius 1 is 1.35 bits per heavy atom. The van der Waals surface area contributed by atoms with Crippen molar-refractivity contribution >= 4 is 5.82 Å². The lowest BCUT2D eigenvalue weighted by atomic mass is 10.1. The molecule has 2 N–H and O–H groups in total. The Kier molecular flexibility index (Phi) is 6.96. The Balaban J connectivity index is 2.89. The molecule has 0 amide bonds. The summed E-state index contributed by atoms with van der Waals surface area (Å²) in [5, 5.41) is 0. The molecule has 0 aliphatic rings. The van der Waals surface area contributed by atoms with Crippen LogP contribution >= 0.6 is 0 Å². The van der Waals surface area contributed by atoms with Gasteiger partial charge in [0.15, 0.2) is 0 Å². The van der Waals surface area contributed by atoms with Crippen LogP contribution in [-0.2, 0) is 11.2 Å². The zero-order chi connectivity index (χ0) is 15.1. The first-order valence-corrected chi connectivity index (χ1v) is 7.39. The fraction of sp³-hybridized carbons (Fsp3) is 0.688. The first-order chi connectivity index (χ1) is 9.43. The Morgan fingerprint density at radius 2 is 2.05 bits per heavy atom. The van der Waals surface area contributed by atoms with Crippen molar-refractivity contribution in [3.63, 3.8) is 0 Å². The topological polar surface area (TPSA) is 51.4 Å². The van der Waals surface area contributed by atoms with Gasteiger partial charge in [0.2, 0.25) is 0 Å². The van der Waals surface area contributed by atoms with Gasteiger partial charge in [-0.3, -0.25) is 0 Å². The number of pyridine rings is 1. The number of hydrogen-bond acceptors (Lipinski definition) is 4. The Hall–Kier alpha value is -1.13. The van der Waals surface area contributed by atoms with Gasteiger partial charge in [-0.05, 0) is 37.3 Å². The number of nitrogens with two attached hydrogens (primary N) is 1. The van der Waals surface area contributed by atoms with E-state index in [-0.39, 0.29) is 6.04 Å². The number of ether oxygens (including phenoxy) is 1. The highest BCUT2D eigenvalue weighted by molar-refractivity contribution is 5.47. The molecule has 20 heavy (non-hydrogen) atoms. The predicted octanol–water partition coefficient (Wildman–Crippen LogP) is 2.39. The summed E-state index contributed by atoms with van der Waals surface area (Å²) in [6, 6.07) is 2.37. The van der Waals surface area contributed by atoms with Gasteiger partial charge in [-0.1, -0.05) is 19.9 Å². The van der Waals surface area contributed by atoms with Gasteiger partial charge in [-0.2, -0.15) is 0 Å². The second kappa shape index (κ2) is 8.22. The van der Waals surface area contributed by atoms with Gasteiger partial charge in [0.25, 0.3) is 0 Å². The number of aromatic nitrogens is 1. The molecule has 0 aliphatic carbocycles. The lowest BCUT2D eigenvalue weighted by Crippen LogP contribution is -2.32. The van der Waals surface area contributed by atoms with E-state index in [1.54, 1.807) is 7.11 Å². The second-order valence-corrected chi connectivity index (χ2v) is 6.00. The van der Waals surface area contributed by atoms with Crippen molar-refractivity contribution < 1.29 is 4.74 Å². The third-order valence-corrected chi connectivity index (χ3v) is 3.12. The molecule has 1 unspecified atom stereocenters. The molecule has 4 nitrogen and oxygen atoms in total. The van der Waals surface area contributed by atoms with Crippen LogP contribution in [0.25, 0.3) is 0 Å². The summed E-state index contributed by atoms with van der Waals surface area (Å²) in [5.74, 6) is 1.65. The van der Waals surface area contributed by atoms with Crippen LogP contribution in [0.5, 0.6) is 0 Å². The van der Waals surface area contributed by atoms with Gasteiger partial charge in [0, 0.05) is 32.4 Å².